The number of piperidine rings is 1. The Morgan fingerprint density at radius 2 is 2.12 bits per heavy atom. The molecule has 1 aromatic rings. The summed E-state index contributed by atoms with van der Waals surface area (Å²) in [7, 11) is 1.34. The van der Waals surface area contributed by atoms with E-state index in [1.165, 1.54) is 12.0 Å². The number of rotatable bonds is 1. The van der Waals surface area contributed by atoms with Crippen molar-refractivity contribution in [3.05, 3.63) is 28.8 Å². The summed E-state index contributed by atoms with van der Waals surface area (Å²) in [6.45, 7) is 1.89. The average molecular weight is 353 g/mol. The molecule has 1 atom stereocenters. The maximum Gasteiger partial charge on any atom is 0.410 e. The standard InChI is InChI=1S/C17H21ClN2O4/c1-23-17(22)20-7-3-2-4-14(20)16(21)19-8-9-24-15-6-5-13(18)10-12(15)11-19/h5-6,10,14H,2-4,7-9,11H2,1H3. The summed E-state index contributed by atoms with van der Waals surface area (Å²) >= 11 is 6.06. The molecule has 1 aromatic carbocycles. The molecule has 6 nitrogen and oxygen atoms in total. The van der Waals surface area contributed by atoms with Gasteiger partial charge in [0.25, 0.3) is 0 Å². The Balaban J connectivity index is 1.79. The first-order valence-corrected chi connectivity index (χ1v) is 8.52. The molecule has 0 aromatic heterocycles. The van der Waals surface area contributed by atoms with Gasteiger partial charge in [0, 0.05) is 23.7 Å². The van der Waals surface area contributed by atoms with Gasteiger partial charge in [-0.05, 0) is 37.5 Å². The van der Waals surface area contributed by atoms with Crippen molar-refractivity contribution >= 4 is 23.6 Å². The minimum atomic E-state index is -0.466. The van der Waals surface area contributed by atoms with E-state index in [1.807, 2.05) is 12.1 Å². The van der Waals surface area contributed by atoms with Crippen molar-refractivity contribution in [1.29, 1.82) is 0 Å². The van der Waals surface area contributed by atoms with E-state index in [1.54, 1.807) is 11.0 Å². The van der Waals surface area contributed by atoms with Crippen LogP contribution < -0.4 is 4.74 Å². The number of fused-ring (bicyclic) bond motifs is 1. The highest BCUT2D eigenvalue weighted by Crippen LogP contribution is 2.28. The molecular weight excluding hydrogens is 332 g/mol. The minimum absolute atomic E-state index is 0.0588. The molecule has 2 amide bonds. The van der Waals surface area contributed by atoms with Crippen LogP contribution in [0.5, 0.6) is 5.75 Å². The maximum atomic E-state index is 13.0. The number of benzene rings is 1. The summed E-state index contributed by atoms with van der Waals surface area (Å²) in [6.07, 6.45) is 2.03. The molecule has 0 spiro atoms. The smallest absolute Gasteiger partial charge is 0.410 e. The molecule has 1 saturated heterocycles. The molecule has 0 radical (unpaired) electrons. The SMILES string of the molecule is COC(=O)N1CCCCC1C(=O)N1CCOc2ccc(Cl)cc2C1. The van der Waals surface area contributed by atoms with Gasteiger partial charge in [0.1, 0.15) is 18.4 Å². The van der Waals surface area contributed by atoms with E-state index in [0.717, 1.165) is 24.2 Å². The Morgan fingerprint density at radius 1 is 1.29 bits per heavy atom. The lowest BCUT2D eigenvalue weighted by molar-refractivity contribution is -0.138. The Morgan fingerprint density at radius 3 is 2.92 bits per heavy atom. The Labute approximate surface area is 146 Å². The molecule has 0 saturated carbocycles. The van der Waals surface area contributed by atoms with Gasteiger partial charge in [-0.2, -0.15) is 0 Å². The van der Waals surface area contributed by atoms with Crippen LogP contribution in [0, 0.1) is 0 Å². The second-order valence-corrected chi connectivity index (χ2v) is 6.47. The molecule has 0 bridgehead atoms. The van der Waals surface area contributed by atoms with E-state index in [0.29, 0.717) is 37.7 Å². The Kier molecular flexibility index (Phi) is 5.14. The number of carbonyl (C=O) groups is 2. The van der Waals surface area contributed by atoms with Gasteiger partial charge in [-0.25, -0.2) is 4.79 Å². The lowest BCUT2D eigenvalue weighted by Crippen LogP contribution is -2.53. The lowest BCUT2D eigenvalue weighted by Gasteiger charge is -2.36. The first kappa shape index (κ1) is 16.9. The number of methoxy groups -OCH3 is 1. The zero-order valence-electron chi connectivity index (χ0n) is 13.7. The van der Waals surface area contributed by atoms with Crippen molar-refractivity contribution in [2.45, 2.75) is 31.8 Å². The van der Waals surface area contributed by atoms with Crippen molar-refractivity contribution in [2.24, 2.45) is 0 Å². The van der Waals surface area contributed by atoms with Crippen molar-refractivity contribution in [3.63, 3.8) is 0 Å². The summed E-state index contributed by atoms with van der Waals surface area (Å²) in [6, 6.07) is 4.96. The minimum Gasteiger partial charge on any atom is -0.491 e. The maximum absolute atomic E-state index is 13.0. The van der Waals surface area contributed by atoms with Crippen LogP contribution in [0.4, 0.5) is 4.79 Å². The monoisotopic (exact) mass is 352 g/mol. The van der Waals surface area contributed by atoms with E-state index in [4.69, 9.17) is 21.1 Å². The first-order chi connectivity index (χ1) is 11.6. The molecule has 3 rings (SSSR count). The van der Waals surface area contributed by atoms with Crippen molar-refractivity contribution in [3.8, 4) is 5.75 Å². The van der Waals surface area contributed by atoms with Gasteiger partial charge >= 0.3 is 6.09 Å². The number of carbonyl (C=O) groups excluding carboxylic acids is 2. The van der Waals surface area contributed by atoms with Crippen molar-refractivity contribution in [2.75, 3.05) is 26.8 Å². The van der Waals surface area contributed by atoms with Crippen molar-refractivity contribution < 1.29 is 19.1 Å². The lowest BCUT2D eigenvalue weighted by atomic mass is 10.0. The quantitative estimate of drug-likeness (QED) is 0.779. The van der Waals surface area contributed by atoms with Gasteiger partial charge in [0.05, 0.1) is 13.7 Å². The van der Waals surface area contributed by atoms with Crippen LogP contribution in [-0.2, 0) is 16.1 Å². The van der Waals surface area contributed by atoms with Gasteiger partial charge < -0.3 is 14.4 Å². The normalized spacial score (nSPS) is 20.7. The molecule has 2 aliphatic heterocycles. The number of hydrogen-bond acceptors (Lipinski definition) is 4. The van der Waals surface area contributed by atoms with Gasteiger partial charge in [-0.15, -0.1) is 0 Å². The number of hydrogen-bond donors (Lipinski definition) is 0. The summed E-state index contributed by atoms with van der Waals surface area (Å²) in [5.74, 6) is 0.694. The Hall–Kier alpha value is -1.95. The van der Waals surface area contributed by atoms with E-state index in [-0.39, 0.29) is 5.91 Å². The van der Waals surface area contributed by atoms with E-state index < -0.39 is 12.1 Å². The van der Waals surface area contributed by atoms with E-state index >= 15 is 0 Å². The van der Waals surface area contributed by atoms with Gasteiger partial charge in [-0.3, -0.25) is 9.69 Å². The van der Waals surface area contributed by atoms with E-state index in [9.17, 15) is 9.59 Å². The number of ether oxygens (including phenoxy) is 2. The van der Waals surface area contributed by atoms with Crippen LogP contribution in [0.25, 0.3) is 0 Å². The topological polar surface area (TPSA) is 59.1 Å². The van der Waals surface area contributed by atoms with Crippen LogP contribution in [0.15, 0.2) is 18.2 Å². The second-order valence-electron chi connectivity index (χ2n) is 6.04. The summed E-state index contributed by atoms with van der Waals surface area (Å²) < 4.78 is 10.5. The number of amides is 2. The van der Waals surface area contributed by atoms with Crippen LogP contribution >= 0.6 is 11.6 Å². The fourth-order valence-corrected chi connectivity index (χ4v) is 3.48. The number of likely N-dealkylation sites (tertiary alicyclic amines) is 1. The molecule has 1 fully saturated rings. The van der Waals surface area contributed by atoms with Crippen LogP contribution in [0.2, 0.25) is 5.02 Å². The second kappa shape index (κ2) is 7.30. The molecule has 2 aliphatic rings. The van der Waals surface area contributed by atoms with Gasteiger partial charge in [0.15, 0.2) is 0 Å². The third-order valence-electron chi connectivity index (χ3n) is 4.51. The molecular formula is C17H21ClN2O4. The number of halogens is 1. The van der Waals surface area contributed by atoms with Crippen LogP contribution in [-0.4, -0.2) is 54.6 Å². The van der Waals surface area contributed by atoms with Crippen molar-refractivity contribution in [1.82, 2.24) is 9.80 Å². The predicted octanol–water partition coefficient (Wildman–Crippen LogP) is 2.68. The highest BCUT2D eigenvalue weighted by Gasteiger charge is 2.36. The fraction of sp³-hybridized carbons (Fsp3) is 0.529. The van der Waals surface area contributed by atoms with E-state index in [2.05, 4.69) is 0 Å². The highest BCUT2D eigenvalue weighted by molar-refractivity contribution is 6.30. The first-order valence-electron chi connectivity index (χ1n) is 8.15. The van der Waals surface area contributed by atoms with Gasteiger partial charge in [-0.1, -0.05) is 11.6 Å². The number of nitrogens with zero attached hydrogens (tertiary/aromatic N) is 2. The highest BCUT2D eigenvalue weighted by atomic mass is 35.5. The average Bonchev–Trinajstić information content (AvgIpc) is 2.82. The van der Waals surface area contributed by atoms with Crippen LogP contribution in [0.1, 0.15) is 24.8 Å². The largest absolute Gasteiger partial charge is 0.491 e. The zero-order valence-corrected chi connectivity index (χ0v) is 14.4. The summed E-state index contributed by atoms with van der Waals surface area (Å²) in [5.41, 5.74) is 0.883. The molecule has 24 heavy (non-hydrogen) atoms. The molecule has 130 valence electrons. The molecule has 7 heteroatoms. The van der Waals surface area contributed by atoms with Crippen LogP contribution in [0.3, 0.4) is 0 Å². The summed E-state index contributed by atoms with van der Waals surface area (Å²) in [4.78, 5) is 28.3. The molecule has 1 unspecified atom stereocenters. The predicted molar refractivity (Wildman–Crippen MR) is 89.1 cm³/mol. The molecule has 2 heterocycles. The zero-order chi connectivity index (χ0) is 17.1. The Bertz CT molecular complexity index is 637. The van der Waals surface area contributed by atoms with Gasteiger partial charge in [0.2, 0.25) is 5.91 Å². The summed E-state index contributed by atoms with van der Waals surface area (Å²) in [5, 5.41) is 0.612. The third-order valence-corrected chi connectivity index (χ3v) is 4.75. The fourth-order valence-electron chi connectivity index (χ4n) is 3.29. The molecule has 0 N–H and O–H groups in total. The molecule has 0 aliphatic carbocycles. The third kappa shape index (κ3) is 3.43.